The molecule has 0 fully saturated rings. The number of rotatable bonds is 8. The average molecular weight is 379 g/mol. The number of hydrogen-bond donors (Lipinski definition) is 1. The highest BCUT2D eigenvalue weighted by Gasteiger charge is 2.37. The van der Waals surface area contributed by atoms with Crippen molar-refractivity contribution in [1.29, 1.82) is 0 Å². The van der Waals surface area contributed by atoms with Gasteiger partial charge in [0.2, 0.25) is 0 Å². The molecular formula is C19H26NO5P. The Hall–Kier alpha value is -2.01. The molecule has 142 valence electrons. The van der Waals surface area contributed by atoms with Gasteiger partial charge in [-0.1, -0.05) is 0 Å². The number of benzene rings is 2. The van der Waals surface area contributed by atoms with E-state index in [0.717, 1.165) is 5.69 Å². The van der Waals surface area contributed by atoms with Crippen LogP contribution in [0, 0.1) is 0 Å². The van der Waals surface area contributed by atoms with E-state index in [9.17, 15) is 9.67 Å². The molecule has 7 heteroatoms. The van der Waals surface area contributed by atoms with Gasteiger partial charge in [0.15, 0.2) is 5.85 Å². The topological polar surface area (TPSA) is 68.2 Å². The lowest BCUT2D eigenvalue weighted by Gasteiger charge is -2.25. The Bertz CT molecular complexity index is 776. The van der Waals surface area contributed by atoms with Crippen molar-refractivity contribution < 1.29 is 23.7 Å². The first-order valence-electron chi connectivity index (χ1n) is 8.29. The molecule has 0 bridgehead atoms. The van der Waals surface area contributed by atoms with E-state index in [1.165, 1.54) is 7.11 Å². The Balaban J connectivity index is 2.49. The minimum Gasteiger partial charge on any atom is -0.497 e. The van der Waals surface area contributed by atoms with Crippen molar-refractivity contribution in [2.45, 2.75) is 12.8 Å². The van der Waals surface area contributed by atoms with Crippen LogP contribution in [0.1, 0.15) is 18.3 Å². The van der Waals surface area contributed by atoms with E-state index in [0.29, 0.717) is 22.4 Å². The van der Waals surface area contributed by atoms with Crippen LogP contribution in [0.25, 0.3) is 0 Å². The van der Waals surface area contributed by atoms with E-state index in [1.807, 2.05) is 31.1 Å². The number of ether oxygens (including phenoxy) is 2. The van der Waals surface area contributed by atoms with Crippen molar-refractivity contribution in [1.82, 2.24) is 0 Å². The number of anilines is 1. The lowest BCUT2D eigenvalue weighted by Crippen LogP contribution is -2.16. The summed E-state index contributed by atoms with van der Waals surface area (Å²) >= 11 is 0. The molecule has 2 aromatic rings. The molecule has 0 aromatic heterocycles. The molecule has 0 amide bonds. The van der Waals surface area contributed by atoms with Gasteiger partial charge in [0.1, 0.15) is 11.5 Å². The minimum absolute atomic E-state index is 0.211. The number of aliphatic hydroxyl groups excluding tert-OH is 1. The number of nitrogens with zero attached hydrogens (tertiary/aromatic N) is 1. The molecule has 0 heterocycles. The summed E-state index contributed by atoms with van der Waals surface area (Å²) in [4.78, 5) is 1.94. The lowest BCUT2D eigenvalue weighted by molar-refractivity contribution is 0.214. The van der Waals surface area contributed by atoms with Gasteiger partial charge in [-0.2, -0.15) is 0 Å². The van der Waals surface area contributed by atoms with Crippen LogP contribution >= 0.6 is 7.37 Å². The highest BCUT2D eigenvalue weighted by atomic mass is 31.2. The van der Waals surface area contributed by atoms with Crippen LogP contribution in [0.15, 0.2) is 42.5 Å². The monoisotopic (exact) mass is 379 g/mol. The van der Waals surface area contributed by atoms with Crippen LogP contribution in [0.3, 0.4) is 0 Å². The molecule has 26 heavy (non-hydrogen) atoms. The lowest BCUT2D eigenvalue weighted by atomic mass is 10.2. The van der Waals surface area contributed by atoms with Crippen molar-refractivity contribution in [2.75, 3.05) is 39.8 Å². The summed E-state index contributed by atoms with van der Waals surface area (Å²) in [6.45, 7) is 1.96. The molecule has 0 aliphatic carbocycles. The largest absolute Gasteiger partial charge is 0.497 e. The zero-order valence-electron chi connectivity index (χ0n) is 15.8. The molecule has 0 radical (unpaired) electrons. The van der Waals surface area contributed by atoms with Gasteiger partial charge in [-0.3, -0.25) is 4.57 Å². The summed E-state index contributed by atoms with van der Waals surface area (Å²) in [5.74, 6) is -0.380. The maximum Gasteiger partial charge on any atom is 0.264 e. The molecule has 2 aromatic carbocycles. The second-order valence-electron chi connectivity index (χ2n) is 5.91. The van der Waals surface area contributed by atoms with Crippen molar-refractivity contribution in [3.05, 3.63) is 48.0 Å². The second kappa shape index (κ2) is 8.58. The third-order valence-corrected chi connectivity index (χ3v) is 6.67. The third kappa shape index (κ3) is 4.04. The van der Waals surface area contributed by atoms with Crippen molar-refractivity contribution in [3.8, 4) is 11.5 Å². The smallest absolute Gasteiger partial charge is 0.264 e. The predicted molar refractivity (Wildman–Crippen MR) is 104 cm³/mol. The van der Waals surface area contributed by atoms with E-state index in [2.05, 4.69) is 0 Å². The SMILES string of the molecule is CCO[P@](=O)(c1ccc(N(C)C)cc1)[C@@H](O)c1ccc(OC)cc1OC. The van der Waals surface area contributed by atoms with E-state index in [4.69, 9.17) is 14.0 Å². The highest BCUT2D eigenvalue weighted by molar-refractivity contribution is 7.67. The standard InChI is InChI=1S/C19H26NO5P/c1-6-25-26(22,16-10-7-14(8-11-16)20(2)3)19(21)17-12-9-15(23-4)13-18(17)24-5/h7-13,19,21H,6H2,1-5H3/t19-,26-/m1/s1. The molecule has 0 aliphatic rings. The molecule has 0 spiro atoms. The van der Waals surface area contributed by atoms with Gasteiger partial charge in [-0.25, -0.2) is 0 Å². The molecule has 6 nitrogen and oxygen atoms in total. The van der Waals surface area contributed by atoms with Crippen LogP contribution < -0.4 is 19.7 Å². The van der Waals surface area contributed by atoms with Gasteiger partial charge in [-0.15, -0.1) is 0 Å². The van der Waals surface area contributed by atoms with E-state index >= 15 is 0 Å². The molecule has 0 aliphatic heterocycles. The summed E-state index contributed by atoms with van der Waals surface area (Å²) in [6, 6.07) is 12.1. The average Bonchev–Trinajstić information content (AvgIpc) is 2.66. The fraction of sp³-hybridized carbons (Fsp3) is 0.368. The predicted octanol–water partition coefficient (Wildman–Crippen LogP) is 3.40. The van der Waals surface area contributed by atoms with Crippen LogP contribution in [0.5, 0.6) is 11.5 Å². The first-order chi connectivity index (χ1) is 12.4. The number of hydrogen-bond acceptors (Lipinski definition) is 6. The van der Waals surface area contributed by atoms with Crippen LogP contribution in [-0.2, 0) is 9.09 Å². The summed E-state index contributed by atoms with van der Waals surface area (Å²) < 4.78 is 29.8. The normalized spacial score (nSPS) is 14.4. The van der Waals surface area contributed by atoms with Gasteiger partial charge in [0.25, 0.3) is 7.37 Å². The summed E-state index contributed by atoms with van der Waals surface area (Å²) in [6.07, 6.45) is 0. The fourth-order valence-electron chi connectivity index (χ4n) is 2.65. The van der Waals surface area contributed by atoms with Crippen LogP contribution in [-0.4, -0.2) is 40.0 Å². The molecule has 1 N–H and O–H groups in total. The Morgan fingerprint density at radius 2 is 1.73 bits per heavy atom. The maximum absolute atomic E-state index is 13.6. The minimum atomic E-state index is -3.58. The first-order valence-corrected chi connectivity index (χ1v) is 9.99. The Labute approximate surface area is 154 Å². The van der Waals surface area contributed by atoms with Crippen LogP contribution in [0.2, 0.25) is 0 Å². The Morgan fingerprint density at radius 3 is 2.23 bits per heavy atom. The summed E-state index contributed by atoms with van der Waals surface area (Å²) in [5, 5.41) is 11.4. The zero-order valence-corrected chi connectivity index (χ0v) is 16.7. The second-order valence-corrected chi connectivity index (χ2v) is 8.36. The van der Waals surface area contributed by atoms with Gasteiger partial charge in [-0.05, 0) is 43.3 Å². The molecule has 2 rings (SSSR count). The van der Waals surface area contributed by atoms with Crippen molar-refractivity contribution in [3.63, 3.8) is 0 Å². The van der Waals surface area contributed by atoms with E-state index < -0.39 is 13.2 Å². The van der Waals surface area contributed by atoms with Crippen molar-refractivity contribution >= 4 is 18.4 Å². The molecule has 2 atom stereocenters. The first kappa shape index (κ1) is 20.3. The highest BCUT2D eigenvalue weighted by Crippen LogP contribution is 2.59. The van der Waals surface area contributed by atoms with Gasteiger partial charge >= 0.3 is 0 Å². The summed E-state index contributed by atoms with van der Waals surface area (Å²) in [7, 11) is 3.30. The molecular weight excluding hydrogens is 353 g/mol. The zero-order chi connectivity index (χ0) is 19.3. The third-order valence-electron chi connectivity index (χ3n) is 4.09. The van der Waals surface area contributed by atoms with Crippen molar-refractivity contribution in [2.24, 2.45) is 0 Å². The molecule has 0 saturated heterocycles. The molecule has 0 saturated carbocycles. The van der Waals surface area contributed by atoms with E-state index in [1.54, 1.807) is 44.4 Å². The maximum atomic E-state index is 13.6. The quantitative estimate of drug-likeness (QED) is 0.709. The van der Waals surface area contributed by atoms with Gasteiger partial charge in [0, 0.05) is 36.7 Å². The van der Waals surface area contributed by atoms with Gasteiger partial charge < -0.3 is 24.0 Å². The Kier molecular flexibility index (Phi) is 6.70. The number of aliphatic hydroxyl groups is 1. The molecule has 0 unspecified atom stereocenters. The number of methoxy groups -OCH3 is 2. The Morgan fingerprint density at radius 1 is 1.08 bits per heavy atom. The van der Waals surface area contributed by atoms with Gasteiger partial charge in [0.05, 0.1) is 20.8 Å². The van der Waals surface area contributed by atoms with E-state index in [-0.39, 0.29) is 6.61 Å². The van der Waals surface area contributed by atoms with Crippen LogP contribution in [0.4, 0.5) is 5.69 Å². The summed E-state index contributed by atoms with van der Waals surface area (Å²) in [5.41, 5.74) is 1.36. The fourth-order valence-corrected chi connectivity index (χ4v) is 4.75.